The van der Waals surface area contributed by atoms with Crippen molar-refractivity contribution in [1.82, 2.24) is 4.57 Å². The highest BCUT2D eigenvalue weighted by molar-refractivity contribution is 5.31. The SMILES string of the molecule is CC1(C)Cc2c(ccn2C2(C)CC2)C(O)C1. The molecule has 3 rings (SSSR count). The maximum absolute atomic E-state index is 10.2. The fraction of sp³-hybridized carbons (Fsp3) is 0.714. The number of nitrogens with zero attached hydrogens (tertiary/aromatic N) is 1. The largest absolute Gasteiger partial charge is 0.388 e. The minimum Gasteiger partial charge on any atom is -0.388 e. The quantitative estimate of drug-likeness (QED) is 0.771. The summed E-state index contributed by atoms with van der Waals surface area (Å²) in [6, 6.07) is 2.12. The molecule has 1 aromatic rings. The van der Waals surface area contributed by atoms with Gasteiger partial charge in [0.1, 0.15) is 0 Å². The van der Waals surface area contributed by atoms with Gasteiger partial charge in [0.25, 0.3) is 0 Å². The molecule has 0 saturated heterocycles. The predicted molar refractivity (Wildman–Crippen MR) is 64.4 cm³/mol. The Kier molecular flexibility index (Phi) is 1.90. The summed E-state index contributed by atoms with van der Waals surface area (Å²) in [6.07, 6.45) is 6.47. The molecule has 2 heteroatoms. The highest BCUT2D eigenvalue weighted by Crippen LogP contribution is 2.48. The Balaban J connectivity index is 2.07. The molecule has 2 aliphatic carbocycles. The van der Waals surface area contributed by atoms with Crippen LogP contribution < -0.4 is 0 Å². The third kappa shape index (κ3) is 1.43. The van der Waals surface area contributed by atoms with Crippen molar-refractivity contribution in [3.63, 3.8) is 0 Å². The molecular weight excluding hydrogens is 198 g/mol. The first-order chi connectivity index (χ1) is 7.41. The number of aromatic nitrogens is 1. The molecule has 16 heavy (non-hydrogen) atoms. The second kappa shape index (κ2) is 2.92. The summed E-state index contributed by atoms with van der Waals surface area (Å²) in [4.78, 5) is 0. The second-order valence-electron chi connectivity index (χ2n) is 6.65. The third-order valence-corrected chi connectivity index (χ3v) is 4.33. The van der Waals surface area contributed by atoms with E-state index in [9.17, 15) is 5.11 Å². The van der Waals surface area contributed by atoms with Crippen LogP contribution in [0.1, 0.15) is 57.4 Å². The van der Waals surface area contributed by atoms with Gasteiger partial charge in [0.2, 0.25) is 0 Å². The molecule has 1 fully saturated rings. The van der Waals surface area contributed by atoms with E-state index in [1.807, 2.05) is 0 Å². The Hall–Kier alpha value is -0.760. The number of hydrogen-bond acceptors (Lipinski definition) is 1. The maximum atomic E-state index is 10.2. The molecule has 1 unspecified atom stereocenters. The van der Waals surface area contributed by atoms with E-state index in [4.69, 9.17) is 0 Å². The summed E-state index contributed by atoms with van der Waals surface area (Å²) >= 11 is 0. The molecule has 0 spiro atoms. The monoisotopic (exact) mass is 219 g/mol. The predicted octanol–water partition coefficient (Wildman–Crippen LogP) is 3.00. The van der Waals surface area contributed by atoms with Gasteiger partial charge in [0, 0.05) is 23.0 Å². The zero-order chi connectivity index (χ0) is 11.6. The van der Waals surface area contributed by atoms with Gasteiger partial charge in [-0.05, 0) is 44.1 Å². The Labute approximate surface area is 97.3 Å². The van der Waals surface area contributed by atoms with Crippen LogP contribution in [0, 0.1) is 5.41 Å². The first-order valence-electron chi connectivity index (χ1n) is 6.30. The van der Waals surface area contributed by atoms with Gasteiger partial charge in [0.15, 0.2) is 0 Å². The van der Waals surface area contributed by atoms with Crippen molar-refractivity contribution in [3.05, 3.63) is 23.5 Å². The highest BCUT2D eigenvalue weighted by Gasteiger charge is 2.43. The van der Waals surface area contributed by atoms with Crippen LogP contribution in [0.25, 0.3) is 0 Å². The van der Waals surface area contributed by atoms with Crippen LogP contribution in [-0.2, 0) is 12.0 Å². The van der Waals surface area contributed by atoms with Crippen molar-refractivity contribution in [2.75, 3.05) is 0 Å². The molecule has 1 saturated carbocycles. The molecule has 2 nitrogen and oxygen atoms in total. The minimum atomic E-state index is -0.262. The van der Waals surface area contributed by atoms with Crippen molar-refractivity contribution in [2.24, 2.45) is 5.41 Å². The lowest BCUT2D eigenvalue weighted by Gasteiger charge is -2.34. The normalized spacial score (nSPS) is 29.9. The molecule has 1 atom stereocenters. The maximum Gasteiger partial charge on any atom is 0.0812 e. The van der Waals surface area contributed by atoms with Crippen molar-refractivity contribution >= 4 is 0 Å². The van der Waals surface area contributed by atoms with Gasteiger partial charge < -0.3 is 9.67 Å². The van der Waals surface area contributed by atoms with E-state index in [0.29, 0.717) is 5.54 Å². The van der Waals surface area contributed by atoms with Gasteiger partial charge >= 0.3 is 0 Å². The van der Waals surface area contributed by atoms with E-state index in [1.165, 1.54) is 24.1 Å². The molecule has 1 heterocycles. The molecular formula is C14H21NO. The molecule has 1 aromatic heterocycles. The molecule has 0 bridgehead atoms. The fourth-order valence-electron chi connectivity index (χ4n) is 3.06. The molecule has 2 aliphatic rings. The molecule has 0 amide bonds. The standard InChI is InChI=1S/C14H21NO/c1-13(2)8-11-10(12(16)9-13)4-7-15(11)14(3)5-6-14/h4,7,12,16H,5-6,8-9H2,1-3H3. The second-order valence-corrected chi connectivity index (χ2v) is 6.65. The number of rotatable bonds is 1. The first kappa shape index (κ1) is 10.4. The smallest absolute Gasteiger partial charge is 0.0812 e. The molecule has 0 radical (unpaired) electrons. The minimum absolute atomic E-state index is 0.230. The molecule has 0 aromatic carbocycles. The lowest BCUT2D eigenvalue weighted by molar-refractivity contribution is 0.0973. The number of hydrogen-bond donors (Lipinski definition) is 1. The van der Waals surface area contributed by atoms with E-state index >= 15 is 0 Å². The Bertz CT molecular complexity index is 426. The van der Waals surface area contributed by atoms with Crippen molar-refractivity contribution in [2.45, 2.75) is 58.1 Å². The zero-order valence-corrected chi connectivity index (χ0v) is 10.5. The Morgan fingerprint density at radius 3 is 2.62 bits per heavy atom. The van der Waals surface area contributed by atoms with Crippen molar-refractivity contribution in [3.8, 4) is 0 Å². The van der Waals surface area contributed by atoms with Crippen molar-refractivity contribution < 1.29 is 5.11 Å². The van der Waals surface area contributed by atoms with E-state index in [0.717, 1.165) is 12.8 Å². The van der Waals surface area contributed by atoms with E-state index in [2.05, 4.69) is 37.6 Å². The summed E-state index contributed by atoms with van der Waals surface area (Å²) < 4.78 is 2.42. The molecule has 0 aliphatic heterocycles. The van der Waals surface area contributed by atoms with Crippen LogP contribution in [-0.4, -0.2) is 9.67 Å². The average Bonchev–Trinajstić information content (AvgIpc) is 2.75. The lowest BCUT2D eigenvalue weighted by Crippen LogP contribution is -2.28. The van der Waals surface area contributed by atoms with Gasteiger partial charge in [-0.2, -0.15) is 0 Å². The van der Waals surface area contributed by atoms with Gasteiger partial charge in [0.05, 0.1) is 6.10 Å². The summed E-state index contributed by atoms with van der Waals surface area (Å²) in [5.41, 5.74) is 3.13. The lowest BCUT2D eigenvalue weighted by atomic mass is 9.75. The van der Waals surface area contributed by atoms with Gasteiger partial charge in [-0.15, -0.1) is 0 Å². The number of aliphatic hydroxyl groups excluding tert-OH is 1. The van der Waals surface area contributed by atoms with Crippen LogP contribution in [0.2, 0.25) is 0 Å². The van der Waals surface area contributed by atoms with Gasteiger partial charge in [-0.3, -0.25) is 0 Å². The fourth-order valence-corrected chi connectivity index (χ4v) is 3.06. The third-order valence-electron chi connectivity index (χ3n) is 4.33. The van der Waals surface area contributed by atoms with E-state index in [1.54, 1.807) is 0 Å². The Morgan fingerprint density at radius 2 is 2.00 bits per heavy atom. The Morgan fingerprint density at radius 1 is 1.31 bits per heavy atom. The van der Waals surface area contributed by atoms with Crippen LogP contribution in [0.5, 0.6) is 0 Å². The van der Waals surface area contributed by atoms with Crippen molar-refractivity contribution in [1.29, 1.82) is 0 Å². The number of fused-ring (bicyclic) bond motifs is 1. The number of aliphatic hydroxyl groups is 1. The van der Waals surface area contributed by atoms with Crippen LogP contribution >= 0.6 is 0 Å². The summed E-state index contributed by atoms with van der Waals surface area (Å²) in [7, 11) is 0. The van der Waals surface area contributed by atoms with Crippen LogP contribution in [0.3, 0.4) is 0 Å². The van der Waals surface area contributed by atoms with Gasteiger partial charge in [-0.25, -0.2) is 0 Å². The average molecular weight is 219 g/mol. The van der Waals surface area contributed by atoms with E-state index in [-0.39, 0.29) is 11.5 Å². The van der Waals surface area contributed by atoms with E-state index < -0.39 is 0 Å². The summed E-state index contributed by atoms with van der Waals surface area (Å²) in [6.45, 7) is 6.83. The van der Waals surface area contributed by atoms with Crippen LogP contribution in [0.4, 0.5) is 0 Å². The summed E-state index contributed by atoms with van der Waals surface area (Å²) in [5.74, 6) is 0. The molecule has 88 valence electrons. The topological polar surface area (TPSA) is 25.2 Å². The van der Waals surface area contributed by atoms with Crippen LogP contribution in [0.15, 0.2) is 12.3 Å². The van der Waals surface area contributed by atoms with Gasteiger partial charge in [-0.1, -0.05) is 13.8 Å². The molecule has 1 N–H and O–H groups in total. The first-order valence-corrected chi connectivity index (χ1v) is 6.30. The zero-order valence-electron chi connectivity index (χ0n) is 10.5. The summed E-state index contributed by atoms with van der Waals surface area (Å²) in [5, 5.41) is 10.2. The highest BCUT2D eigenvalue weighted by atomic mass is 16.3.